The van der Waals surface area contributed by atoms with E-state index in [1.807, 2.05) is 12.1 Å². The first kappa shape index (κ1) is 15.4. The first-order valence-electron chi connectivity index (χ1n) is 9.26. The third-order valence-electron chi connectivity index (χ3n) is 7.55. The van der Waals surface area contributed by atoms with Crippen molar-refractivity contribution in [2.24, 2.45) is 22.7 Å². The molecular weight excluding hydrogens is 284 g/mol. The minimum absolute atomic E-state index is 0.0529. The Balaban J connectivity index is 1.77. The van der Waals surface area contributed by atoms with Crippen LogP contribution in [-0.2, 0) is 6.42 Å². The molecule has 2 saturated carbocycles. The number of rotatable bonds is 0. The van der Waals surface area contributed by atoms with Crippen LogP contribution < -0.4 is 4.74 Å². The Morgan fingerprint density at radius 3 is 2.61 bits per heavy atom. The number of phenols is 1. The third kappa shape index (κ3) is 2.13. The number of benzene rings is 1. The predicted octanol–water partition coefficient (Wildman–Crippen LogP) is 5.33. The second-order valence-electron chi connectivity index (χ2n) is 9.40. The summed E-state index contributed by atoms with van der Waals surface area (Å²) in [6.45, 7) is 9.80. The molecule has 0 aromatic heterocycles. The number of hydrogen-bond donors (Lipinski definition) is 1. The smallest absolute Gasteiger partial charge is 0.123 e. The standard InChI is InChI=1S/C21H30O2/c1-19(2)9-5-10-20(3)17(19)8-11-21(4)18(20)13-14-12-15(22)6-7-16(14)23-21/h6-7,12,17-18,22H,5,8-11,13H2,1-4H3/t17-,18+,20-,21-/m0/s1. The molecule has 4 rings (SSSR count). The molecule has 2 nitrogen and oxygen atoms in total. The second-order valence-corrected chi connectivity index (χ2v) is 9.40. The van der Waals surface area contributed by atoms with Crippen LogP contribution in [0.3, 0.4) is 0 Å². The molecule has 0 amide bonds. The van der Waals surface area contributed by atoms with Crippen molar-refractivity contribution in [2.45, 2.75) is 71.8 Å². The highest BCUT2D eigenvalue weighted by molar-refractivity contribution is 5.42. The van der Waals surface area contributed by atoms with E-state index in [1.165, 1.54) is 31.2 Å². The quantitative estimate of drug-likeness (QED) is 0.701. The Labute approximate surface area is 140 Å². The molecule has 23 heavy (non-hydrogen) atoms. The van der Waals surface area contributed by atoms with Gasteiger partial charge in [-0.1, -0.05) is 27.2 Å². The molecule has 2 aliphatic carbocycles. The maximum absolute atomic E-state index is 9.87. The van der Waals surface area contributed by atoms with Gasteiger partial charge in [-0.3, -0.25) is 0 Å². The predicted molar refractivity (Wildman–Crippen MR) is 92.8 cm³/mol. The summed E-state index contributed by atoms with van der Waals surface area (Å²) in [5, 5.41) is 9.87. The van der Waals surface area contributed by atoms with Crippen molar-refractivity contribution in [2.75, 3.05) is 0 Å². The number of phenolic OH excluding ortho intramolecular Hbond substituents is 1. The molecule has 0 saturated heterocycles. The van der Waals surface area contributed by atoms with Gasteiger partial charge in [0.25, 0.3) is 0 Å². The van der Waals surface area contributed by atoms with Gasteiger partial charge in [0.1, 0.15) is 17.1 Å². The van der Waals surface area contributed by atoms with Gasteiger partial charge in [0, 0.05) is 5.92 Å². The van der Waals surface area contributed by atoms with Crippen LogP contribution in [0.25, 0.3) is 0 Å². The van der Waals surface area contributed by atoms with Gasteiger partial charge in [-0.15, -0.1) is 0 Å². The molecule has 1 N–H and O–H groups in total. The minimum atomic E-state index is -0.0529. The van der Waals surface area contributed by atoms with E-state index >= 15 is 0 Å². The van der Waals surface area contributed by atoms with Crippen molar-refractivity contribution < 1.29 is 9.84 Å². The molecule has 4 atom stereocenters. The van der Waals surface area contributed by atoms with E-state index in [4.69, 9.17) is 4.74 Å². The zero-order chi connectivity index (χ0) is 16.5. The normalized spacial score (nSPS) is 41.2. The summed E-state index contributed by atoms with van der Waals surface area (Å²) in [6, 6.07) is 5.61. The van der Waals surface area contributed by atoms with Crippen molar-refractivity contribution in [1.82, 2.24) is 0 Å². The summed E-state index contributed by atoms with van der Waals surface area (Å²) >= 11 is 0. The highest BCUT2D eigenvalue weighted by atomic mass is 16.5. The summed E-state index contributed by atoms with van der Waals surface area (Å²) in [6.07, 6.45) is 7.49. The van der Waals surface area contributed by atoms with Gasteiger partial charge in [0.05, 0.1) is 0 Å². The molecule has 0 radical (unpaired) electrons. The molecule has 1 aromatic carbocycles. The molecule has 0 bridgehead atoms. The minimum Gasteiger partial charge on any atom is -0.508 e. The van der Waals surface area contributed by atoms with Crippen LogP contribution in [0.15, 0.2) is 18.2 Å². The van der Waals surface area contributed by atoms with E-state index < -0.39 is 0 Å². The molecule has 3 aliphatic rings. The van der Waals surface area contributed by atoms with Gasteiger partial charge in [-0.2, -0.15) is 0 Å². The van der Waals surface area contributed by atoms with Crippen LogP contribution in [0.5, 0.6) is 11.5 Å². The van der Waals surface area contributed by atoms with E-state index in [0.717, 1.165) is 24.5 Å². The lowest BCUT2D eigenvalue weighted by atomic mass is 9.44. The largest absolute Gasteiger partial charge is 0.508 e. The number of aromatic hydroxyl groups is 1. The van der Waals surface area contributed by atoms with Crippen LogP contribution in [0.1, 0.15) is 65.4 Å². The molecule has 0 spiro atoms. The highest BCUT2D eigenvalue weighted by Gasteiger charge is 2.60. The lowest BCUT2D eigenvalue weighted by molar-refractivity contribution is -0.162. The van der Waals surface area contributed by atoms with E-state index in [0.29, 0.717) is 22.5 Å². The summed E-state index contributed by atoms with van der Waals surface area (Å²) in [4.78, 5) is 0. The zero-order valence-electron chi connectivity index (χ0n) is 15.0. The zero-order valence-corrected chi connectivity index (χ0v) is 15.0. The van der Waals surface area contributed by atoms with Gasteiger partial charge in [-0.05, 0) is 79.5 Å². The first-order chi connectivity index (χ1) is 10.7. The Morgan fingerprint density at radius 2 is 1.83 bits per heavy atom. The molecule has 1 heterocycles. The molecular formula is C21H30O2. The van der Waals surface area contributed by atoms with Gasteiger partial charge in [-0.25, -0.2) is 0 Å². The summed E-state index contributed by atoms with van der Waals surface area (Å²) in [5.74, 6) is 2.67. The van der Waals surface area contributed by atoms with Crippen LogP contribution in [0.2, 0.25) is 0 Å². The van der Waals surface area contributed by atoms with Gasteiger partial charge in [0.15, 0.2) is 0 Å². The second kappa shape index (κ2) is 4.68. The van der Waals surface area contributed by atoms with Gasteiger partial charge >= 0.3 is 0 Å². The molecule has 2 fully saturated rings. The number of hydrogen-bond acceptors (Lipinski definition) is 2. The molecule has 126 valence electrons. The molecule has 1 aromatic rings. The fraction of sp³-hybridized carbons (Fsp3) is 0.714. The third-order valence-corrected chi connectivity index (χ3v) is 7.55. The summed E-state index contributed by atoms with van der Waals surface area (Å²) in [5.41, 5.74) is 1.92. The van der Waals surface area contributed by atoms with E-state index in [9.17, 15) is 5.11 Å². The van der Waals surface area contributed by atoms with Crippen LogP contribution in [-0.4, -0.2) is 10.7 Å². The van der Waals surface area contributed by atoms with Crippen LogP contribution >= 0.6 is 0 Å². The highest BCUT2D eigenvalue weighted by Crippen LogP contribution is 2.64. The van der Waals surface area contributed by atoms with E-state index in [1.54, 1.807) is 6.07 Å². The Bertz CT molecular complexity index is 635. The van der Waals surface area contributed by atoms with Crippen molar-refractivity contribution >= 4 is 0 Å². The number of ether oxygens (including phenoxy) is 1. The maximum Gasteiger partial charge on any atom is 0.123 e. The van der Waals surface area contributed by atoms with Gasteiger partial charge in [0.2, 0.25) is 0 Å². The SMILES string of the molecule is CC1(C)CCC[C@]2(C)[C@H]3Cc4cc(O)ccc4O[C@@]3(C)CC[C@@H]12. The van der Waals surface area contributed by atoms with Crippen molar-refractivity contribution in [3.63, 3.8) is 0 Å². The fourth-order valence-corrected chi connectivity index (χ4v) is 6.47. The maximum atomic E-state index is 9.87. The Kier molecular flexibility index (Phi) is 3.12. The number of fused-ring (bicyclic) bond motifs is 4. The van der Waals surface area contributed by atoms with Crippen molar-refractivity contribution in [3.8, 4) is 11.5 Å². The Hall–Kier alpha value is -1.18. The molecule has 0 unspecified atom stereocenters. The fourth-order valence-electron chi connectivity index (χ4n) is 6.47. The molecule has 2 heteroatoms. The van der Waals surface area contributed by atoms with Gasteiger partial charge < -0.3 is 9.84 Å². The first-order valence-corrected chi connectivity index (χ1v) is 9.26. The average molecular weight is 314 g/mol. The average Bonchev–Trinajstić information content (AvgIpc) is 2.45. The van der Waals surface area contributed by atoms with Crippen molar-refractivity contribution in [3.05, 3.63) is 23.8 Å². The summed E-state index contributed by atoms with van der Waals surface area (Å²) < 4.78 is 6.55. The van der Waals surface area contributed by atoms with Crippen LogP contribution in [0.4, 0.5) is 0 Å². The monoisotopic (exact) mass is 314 g/mol. The summed E-state index contributed by atoms with van der Waals surface area (Å²) in [7, 11) is 0. The van der Waals surface area contributed by atoms with E-state index in [-0.39, 0.29) is 5.60 Å². The molecule has 1 aliphatic heterocycles. The topological polar surface area (TPSA) is 29.5 Å². The van der Waals surface area contributed by atoms with Crippen molar-refractivity contribution in [1.29, 1.82) is 0 Å². The van der Waals surface area contributed by atoms with E-state index in [2.05, 4.69) is 27.7 Å². The van der Waals surface area contributed by atoms with Crippen LogP contribution in [0, 0.1) is 22.7 Å². The lowest BCUT2D eigenvalue weighted by Gasteiger charge is -2.63. The Morgan fingerprint density at radius 1 is 1.04 bits per heavy atom. The lowest BCUT2D eigenvalue weighted by Crippen LogP contribution is -2.61.